The fraction of sp³-hybridized carbons (Fsp3) is 0.533. The lowest BCUT2D eigenvalue weighted by molar-refractivity contribution is -0.155. The summed E-state index contributed by atoms with van der Waals surface area (Å²) < 4.78 is 4.89. The largest absolute Gasteiger partial charge is 0.469 e. The minimum absolute atomic E-state index is 0.0490. The van der Waals surface area contributed by atoms with E-state index in [0.717, 1.165) is 25.9 Å². The molecule has 19 heavy (non-hydrogen) atoms. The van der Waals surface area contributed by atoms with E-state index in [1.165, 1.54) is 18.4 Å². The number of carbonyl (C=O) groups excluding carboxylic acids is 1. The van der Waals surface area contributed by atoms with E-state index in [4.69, 9.17) is 4.74 Å². The van der Waals surface area contributed by atoms with Crippen molar-refractivity contribution in [3.8, 4) is 0 Å². The van der Waals surface area contributed by atoms with Gasteiger partial charge in [0.2, 0.25) is 0 Å². The highest BCUT2D eigenvalue weighted by atomic mass is 16.5. The molecule has 0 aromatic carbocycles. The second-order valence-corrected chi connectivity index (χ2v) is 5.89. The van der Waals surface area contributed by atoms with Crippen molar-refractivity contribution < 1.29 is 9.53 Å². The van der Waals surface area contributed by atoms with E-state index in [0.29, 0.717) is 5.92 Å². The maximum atomic E-state index is 11.7. The standard InChI is InChI=1S/C15H18N2O2/c1-19-14(18)10-6-15(7-10)12-5-3-2-4-11(12)13-8-16-9-17(13)15/h2-4,8,10,12,16H,5-7,9H2,1H3. The van der Waals surface area contributed by atoms with Gasteiger partial charge >= 0.3 is 5.97 Å². The molecule has 0 radical (unpaired) electrons. The average Bonchev–Trinajstić information content (AvgIpc) is 2.95. The lowest BCUT2D eigenvalue weighted by atomic mass is 9.60. The normalized spacial score (nSPS) is 38.1. The van der Waals surface area contributed by atoms with E-state index in [-0.39, 0.29) is 17.4 Å². The predicted octanol–water partition coefficient (Wildman–Crippen LogP) is 1.53. The second-order valence-electron chi connectivity index (χ2n) is 5.89. The zero-order valence-electron chi connectivity index (χ0n) is 11.1. The van der Waals surface area contributed by atoms with Crippen LogP contribution in [0.1, 0.15) is 19.3 Å². The Hall–Kier alpha value is -1.71. The molecule has 0 amide bonds. The Morgan fingerprint density at radius 2 is 2.37 bits per heavy atom. The molecule has 1 N–H and O–H groups in total. The topological polar surface area (TPSA) is 41.6 Å². The molecule has 1 atom stereocenters. The number of nitrogens with zero attached hydrogens (tertiary/aromatic N) is 1. The lowest BCUT2D eigenvalue weighted by Gasteiger charge is -2.52. The molecule has 4 aliphatic rings. The summed E-state index contributed by atoms with van der Waals surface area (Å²) in [7, 11) is 1.49. The molecule has 4 nitrogen and oxygen atoms in total. The molecule has 2 aliphatic carbocycles. The Balaban J connectivity index is 1.67. The summed E-state index contributed by atoms with van der Waals surface area (Å²) in [5.41, 5.74) is 2.92. The van der Waals surface area contributed by atoms with E-state index in [9.17, 15) is 4.79 Å². The lowest BCUT2D eigenvalue weighted by Crippen LogP contribution is -2.59. The summed E-state index contributed by atoms with van der Waals surface area (Å²) in [6.07, 6.45) is 11.7. The Kier molecular flexibility index (Phi) is 2.14. The van der Waals surface area contributed by atoms with Gasteiger partial charge in [0.25, 0.3) is 0 Å². The molecule has 4 rings (SSSR count). The Bertz CT molecular complexity index is 526. The van der Waals surface area contributed by atoms with E-state index in [1.54, 1.807) is 0 Å². The van der Waals surface area contributed by atoms with Gasteiger partial charge in [-0.25, -0.2) is 0 Å². The first-order chi connectivity index (χ1) is 9.26. The number of fused-ring (bicyclic) bond motifs is 5. The molecule has 2 heterocycles. The van der Waals surface area contributed by atoms with E-state index in [2.05, 4.69) is 34.6 Å². The van der Waals surface area contributed by atoms with Gasteiger partial charge in [-0.15, -0.1) is 0 Å². The van der Waals surface area contributed by atoms with Crippen LogP contribution in [0.15, 0.2) is 35.7 Å². The summed E-state index contributed by atoms with van der Waals surface area (Å²) in [6.45, 7) is 0.872. The van der Waals surface area contributed by atoms with Gasteiger partial charge in [-0.2, -0.15) is 0 Å². The quantitative estimate of drug-likeness (QED) is 0.724. The molecule has 0 bridgehead atoms. The fourth-order valence-corrected chi connectivity index (χ4v) is 4.26. The van der Waals surface area contributed by atoms with E-state index in [1.807, 2.05) is 0 Å². The maximum Gasteiger partial charge on any atom is 0.308 e. The monoisotopic (exact) mass is 258 g/mol. The number of hydrogen-bond acceptors (Lipinski definition) is 4. The highest BCUT2D eigenvalue weighted by molar-refractivity contribution is 5.74. The number of carbonyl (C=O) groups is 1. The van der Waals surface area contributed by atoms with Crippen LogP contribution in [0.3, 0.4) is 0 Å². The van der Waals surface area contributed by atoms with E-state index < -0.39 is 0 Å². The first-order valence-corrected chi connectivity index (χ1v) is 6.92. The second kappa shape index (κ2) is 3.65. The number of hydrogen-bond donors (Lipinski definition) is 1. The molecule has 0 aromatic rings. The van der Waals surface area contributed by atoms with Crippen molar-refractivity contribution in [3.63, 3.8) is 0 Å². The van der Waals surface area contributed by atoms with Crippen molar-refractivity contribution in [1.29, 1.82) is 0 Å². The minimum Gasteiger partial charge on any atom is -0.469 e. The zero-order chi connectivity index (χ0) is 13.0. The van der Waals surface area contributed by atoms with Gasteiger partial charge in [0.05, 0.1) is 30.9 Å². The molecule has 2 fully saturated rings. The summed E-state index contributed by atoms with van der Waals surface area (Å²) in [4.78, 5) is 14.2. The van der Waals surface area contributed by atoms with Gasteiger partial charge < -0.3 is 15.0 Å². The number of rotatable bonds is 1. The number of allylic oxidation sites excluding steroid dienone is 4. The molecular weight excluding hydrogens is 240 g/mol. The number of nitrogens with one attached hydrogen (secondary N) is 1. The first-order valence-electron chi connectivity index (χ1n) is 6.92. The Morgan fingerprint density at radius 3 is 3.16 bits per heavy atom. The molecule has 100 valence electrons. The average molecular weight is 258 g/mol. The van der Waals surface area contributed by atoms with Crippen LogP contribution >= 0.6 is 0 Å². The summed E-state index contributed by atoms with van der Waals surface area (Å²) in [6, 6.07) is 0. The SMILES string of the molecule is COC(=O)C1CC2(C1)C1CC=CC=C1C1=CNCN12. The molecule has 1 saturated carbocycles. The third kappa shape index (κ3) is 1.26. The van der Waals surface area contributed by atoms with Gasteiger partial charge in [-0.05, 0) is 24.8 Å². The van der Waals surface area contributed by atoms with Crippen LogP contribution in [0.4, 0.5) is 0 Å². The molecule has 1 unspecified atom stereocenters. The van der Waals surface area contributed by atoms with E-state index >= 15 is 0 Å². The molecule has 1 spiro atoms. The van der Waals surface area contributed by atoms with Crippen molar-refractivity contribution in [2.75, 3.05) is 13.8 Å². The van der Waals surface area contributed by atoms with Crippen LogP contribution in [0, 0.1) is 11.8 Å². The van der Waals surface area contributed by atoms with Crippen LogP contribution in [-0.4, -0.2) is 30.2 Å². The van der Waals surface area contributed by atoms with Gasteiger partial charge in [0.1, 0.15) is 0 Å². The van der Waals surface area contributed by atoms with Crippen LogP contribution in [0.25, 0.3) is 0 Å². The van der Waals surface area contributed by atoms with Crippen molar-refractivity contribution in [3.05, 3.63) is 35.7 Å². The van der Waals surface area contributed by atoms with Crippen molar-refractivity contribution in [1.82, 2.24) is 10.2 Å². The van der Waals surface area contributed by atoms with Crippen LogP contribution in [-0.2, 0) is 9.53 Å². The summed E-state index contributed by atoms with van der Waals surface area (Å²) >= 11 is 0. The fourth-order valence-electron chi connectivity index (χ4n) is 4.26. The summed E-state index contributed by atoms with van der Waals surface area (Å²) in [5.74, 6) is 0.580. The van der Waals surface area contributed by atoms with Crippen LogP contribution < -0.4 is 5.32 Å². The molecule has 4 heteroatoms. The molecule has 0 aromatic heterocycles. The van der Waals surface area contributed by atoms with Gasteiger partial charge in [-0.1, -0.05) is 18.2 Å². The number of methoxy groups -OCH3 is 1. The smallest absolute Gasteiger partial charge is 0.308 e. The van der Waals surface area contributed by atoms with Crippen LogP contribution in [0.5, 0.6) is 0 Å². The van der Waals surface area contributed by atoms with Crippen molar-refractivity contribution in [2.45, 2.75) is 24.8 Å². The molecule has 1 saturated heterocycles. The predicted molar refractivity (Wildman–Crippen MR) is 70.7 cm³/mol. The number of esters is 1. The van der Waals surface area contributed by atoms with Gasteiger partial charge in [-0.3, -0.25) is 4.79 Å². The van der Waals surface area contributed by atoms with Crippen LogP contribution in [0.2, 0.25) is 0 Å². The first kappa shape index (κ1) is 11.1. The van der Waals surface area contributed by atoms with Gasteiger partial charge in [0.15, 0.2) is 0 Å². The molecule has 2 aliphatic heterocycles. The zero-order valence-corrected chi connectivity index (χ0v) is 11.1. The third-order valence-electron chi connectivity index (χ3n) is 5.15. The third-order valence-corrected chi connectivity index (χ3v) is 5.15. The molecular formula is C15H18N2O2. The highest BCUT2D eigenvalue weighted by Crippen LogP contribution is 2.60. The van der Waals surface area contributed by atoms with Gasteiger partial charge in [0, 0.05) is 12.1 Å². The minimum atomic E-state index is -0.0490. The van der Waals surface area contributed by atoms with Crippen molar-refractivity contribution in [2.24, 2.45) is 11.8 Å². The Labute approximate surface area is 112 Å². The highest BCUT2D eigenvalue weighted by Gasteiger charge is 2.62. The Morgan fingerprint density at radius 1 is 1.53 bits per heavy atom. The van der Waals surface area contributed by atoms with Crippen molar-refractivity contribution >= 4 is 5.97 Å². The number of ether oxygens (including phenoxy) is 1. The maximum absolute atomic E-state index is 11.7. The summed E-state index contributed by atoms with van der Waals surface area (Å²) in [5, 5.41) is 3.32.